The van der Waals surface area contributed by atoms with Gasteiger partial charge < -0.3 is 9.64 Å². The third-order valence-corrected chi connectivity index (χ3v) is 6.89. The van der Waals surface area contributed by atoms with E-state index in [0.717, 1.165) is 18.7 Å². The minimum absolute atomic E-state index is 0.0447. The van der Waals surface area contributed by atoms with Crippen LogP contribution in [0.1, 0.15) is 43.7 Å². The van der Waals surface area contributed by atoms with E-state index in [-0.39, 0.29) is 11.2 Å². The summed E-state index contributed by atoms with van der Waals surface area (Å²) in [6, 6.07) is 7.93. The lowest BCUT2D eigenvalue weighted by atomic mass is 9.89. The number of sulfonamides is 1. The van der Waals surface area contributed by atoms with E-state index >= 15 is 0 Å². The molecular weight excluding hydrogens is 348 g/mol. The van der Waals surface area contributed by atoms with Crippen molar-refractivity contribution in [3.8, 4) is 0 Å². The second-order valence-electron chi connectivity index (χ2n) is 8.01. The highest BCUT2D eigenvalue weighted by Gasteiger charge is 2.68. The predicted octanol–water partition coefficient (Wildman–Crippen LogP) is 2.50. The van der Waals surface area contributed by atoms with Crippen LogP contribution in [0.15, 0.2) is 24.3 Å². The van der Waals surface area contributed by atoms with E-state index in [2.05, 4.69) is 17.9 Å². The molecule has 1 aromatic rings. The van der Waals surface area contributed by atoms with Gasteiger partial charge in [-0.05, 0) is 35.9 Å². The van der Waals surface area contributed by atoms with Crippen molar-refractivity contribution in [3.05, 3.63) is 35.4 Å². The highest BCUT2D eigenvalue weighted by molar-refractivity contribution is 7.88. The van der Waals surface area contributed by atoms with Gasteiger partial charge in [-0.1, -0.05) is 50.5 Å². The molecule has 2 fully saturated rings. The van der Waals surface area contributed by atoms with Crippen LogP contribution in [0.5, 0.6) is 0 Å². The van der Waals surface area contributed by atoms with Crippen LogP contribution >= 0.6 is 0 Å². The average Bonchev–Trinajstić information content (AvgIpc) is 2.96. The van der Waals surface area contributed by atoms with Crippen molar-refractivity contribution in [2.24, 2.45) is 17.0 Å². The molecule has 0 spiro atoms. The van der Waals surface area contributed by atoms with Crippen molar-refractivity contribution in [2.75, 3.05) is 33.4 Å². The molecule has 1 heterocycles. The number of rotatable bonds is 10. The lowest BCUT2D eigenvalue weighted by molar-refractivity contribution is 0.142. The van der Waals surface area contributed by atoms with Gasteiger partial charge in [-0.2, -0.15) is 0 Å². The Morgan fingerprint density at radius 3 is 2.58 bits per heavy atom. The van der Waals surface area contributed by atoms with Crippen LogP contribution in [-0.4, -0.2) is 46.7 Å². The highest BCUT2D eigenvalue weighted by Crippen LogP contribution is 2.63. The van der Waals surface area contributed by atoms with E-state index in [1.807, 2.05) is 18.2 Å². The number of fused-ring (bicyclic) bond motifs is 1. The molecule has 2 N–H and O–H groups in total. The predicted molar refractivity (Wildman–Crippen MR) is 104 cm³/mol. The second kappa shape index (κ2) is 7.97. The van der Waals surface area contributed by atoms with Gasteiger partial charge in [0, 0.05) is 25.6 Å². The number of nitrogens with zero attached hydrogens (tertiary/aromatic N) is 1. The van der Waals surface area contributed by atoms with Gasteiger partial charge in [0.25, 0.3) is 0 Å². The third-order valence-electron chi connectivity index (χ3n) is 6.15. The number of ether oxygens (including phenoxy) is 1. The van der Waals surface area contributed by atoms with Crippen molar-refractivity contribution in [3.63, 3.8) is 0 Å². The molecule has 0 radical (unpaired) electrons. The fourth-order valence-electron chi connectivity index (χ4n) is 4.91. The van der Waals surface area contributed by atoms with Crippen LogP contribution in [0, 0.1) is 11.8 Å². The van der Waals surface area contributed by atoms with Gasteiger partial charge in [0.2, 0.25) is 10.0 Å². The normalized spacial score (nSPS) is 28.3. The van der Waals surface area contributed by atoms with E-state index in [4.69, 9.17) is 9.88 Å². The number of nitrogens with two attached hydrogens (primary N) is 1. The zero-order valence-electron chi connectivity index (χ0n) is 16.0. The number of hydrogen-bond acceptors (Lipinski definition) is 4. The Bertz CT molecular complexity index is 708. The molecular formula is C20H32N2O3S. The lowest BCUT2D eigenvalue weighted by Crippen LogP contribution is -2.33. The first-order valence-electron chi connectivity index (χ1n) is 9.72. The van der Waals surface area contributed by atoms with Crippen molar-refractivity contribution in [1.82, 2.24) is 4.90 Å². The molecule has 1 aliphatic carbocycles. The number of likely N-dealkylation sites (tertiary alicyclic amines) is 1. The molecule has 2 unspecified atom stereocenters. The van der Waals surface area contributed by atoms with E-state index in [0.29, 0.717) is 18.4 Å². The van der Waals surface area contributed by atoms with Crippen LogP contribution in [0.4, 0.5) is 0 Å². The van der Waals surface area contributed by atoms with Crippen LogP contribution < -0.4 is 5.14 Å². The van der Waals surface area contributed by atoms with Gasteiger partial charge in [-0.25, -0.2) is 13.6 Å². The fraction of sp³-hybridized carbons (Fsp3) is 0.700. The van der Waals surface area contributed by atoms with Gasteiger partial charge in [-0.3, -0.25) is 0 Å². The molecule has 0 aromatic heterocycles. The van der Waals surface area contributed by atoms with Crippen LogP contribution in [0.3, 0.4) is 0 Å². The Balaban J connectivity index is 1.68. The molecule has 1 aromatic carbocycles. The number of hydrogen-bond donors (Lipinski definition) is 1. The first-order valence-corrected chi connectivity index (χ1v) is 11.4. The van der Waals surface area contributed by atoms with E-state index in [1.165, 1.54) is 37.8 Å². The second-order valence-corrected chi connectivity index (χ2v) is 9.63. The summed E-state index contributed by atoms with van der Waals surface area (Å²) in [5, 5.41) is 5.22. The quantitative estimate of drug-likeness (QED) is 0.633. The average molecular weight is 381 g/mol. The standard InChI is InChI=1S/C20H32N2O3S/c1-3-4-5-6-10-22-12-18-19(13-22)20(18,15-25-2)17-9-7-8-16(11-17)14-26(21,23)24/h7-9,11,18-19H,3-6,10,12-15H2,1-2H3,(H2,21,23,24). The largest absolute Gasteiger partial charge is 0.384 e. The minimum Gasteiger partial charge on any atom is -0.384 e. The van der Waals surface area contributed by atoms with Gasteiger partial charge in [0.1, 0.15) is 0 Å². The van der Waals surface area contributed by atoms with Gasteiger partial charge in [0.15, 0.2) is 0 Å². The molecule has 6 heteroatoms. The summed E-state index contributed by atoms with van der Waals surface area (Å²) in [5.74, 6) is 1.11. The van der Waals surface area contributed by atoms with E-state index in [9.17, 15) is 8.42 Å². The molecule has 1 saturated heterocycles. The maximum atomic E-state index is 11.4. The monoisotopic (exact) mass is 380 g/mol. The molecule has 3 rings (SSSR count). The Morgan fingerprint density at radius 2 is 1.96 bits per heavy atom. The maximum Gasteiger partial charge on any atom is 0.213 e. The Kier molecular flexibility index (Phi) is 6.07. The molecule has 2 aliphatic rings. The number of methoxy groups -OCH3 is 1. The van der Waals surface area contributed by atoms with Gasteiger partial charge >= 0.3 is 0 Å². The Labute approximate surface area is 158 Å². The van der Waals surface area contributed by atoms with Crippen LogP contribution in [-0.2, 0) is 25.9 Å². The molecule has 146 valence electrons. The zero-order chi connectivity index (χ0) is 18.8. The number of piperidine rings is 1. The first-order chi connectivity index (χ1) is 12.4. The summed E-state index contributed by atoms with van der Waals surface area (Å²) >= 11 is 0. The minimum atomic E-state index is -3.51. The van der Waals surface area contributed by atoms with E-state index < -0.39 is 10.0 Å². The Hall–Kier alpha value is -0.950. The summed E-state index contributed by atoms with van der Waals surface area (Å²) in [6.07, 6.45) is 5.21. The summed E-state index contributed by atoms with van der Waals surface area (Å²) in [4.78, 5) is 2.59. The number of primary sulfonamides is 1. The summed E-state index contributed by atoms with van der Waals surface area (Å²) in [7, 11) is -1.76. The van der Waals surface area contributed by atoms with Crippen molar-refractivity contribution >= 4 is 10.0 Å². The number of unbranched alkanes of at least 4 members (excludes halogenated alkanes) is 3. The fourth-order valence-corrected chi connectivity index (χ4v) is 5.55. The van der Waals surface area contributed by atoms with Gasteiger partial charge in [0.05, 0.1) is 12.4 Å². The van der Waals surface area contributed by atoms with Gasteiger partial charge in [-0.15, -0.1) is 0 Å². The highest BCUT2D eigenvalue weighted by atomic mass is 32.2. The third kappa shape index (κ3) is 4.14. The summed E-state index contributed by atoms with van der Waals surface area (Å²) < 4.78 is 28.5. The zero-order valence-corrected chi connectivity index (χ0v) is 16.8. The molecule has 0 amide bonds. The van der Waals surface area contributed by atoms with Crippen molar-refractivity contribution in [2.45, 2.75) is 43.8 Å². The molecule has 1 aliphatic heterocycles. The molecule has 1 saturated carbocycles. The number of benzene rings is 1. The topological polar surface area (TPSA) is 72.6 Å². The van der Waals surface area contributed by atoms with Crippen LogP contribution in [0.2, 0.25) is 0 Å². The molecule has 0 bridgehead atoms. The molecule has 26 heavy (non-hydrogen) atoms. The summed E-state index contributed by atoms with van der Waals surface area (Å²) in [6.45, 7) is 6.39. The maximum absolute atomic E-state index is 11.4. The van der Waals surface area contributed by atoms with E-state index in [1.54, 1.807) is 7.11 Å². The smallest absolute Gasteiger partial charge is 0.213 e. The van der Waals surface area contributed by atoms with Crippen molar-refractivity contribution in [1.29, 1.82) is 0 Å². The molecule has 5 nitrogen and oxygen atoms in total. The summed E-state index contributed by atoms with van der Waals surface area (Å²) in [5.41, 5.74) is 2.02. The lowest BCUT2D eigenvalue weighted by Gasteiger charge is -2.27. The Morgan fingerprint density at radius 1 is 1.23 bits per heavy atom. The molecule has 2 atom stereocenters. The first kappa shape index (κ1) is 19.8. The van der Waals surface area contributed by atoms with Crippen molar-refractivity contribution < 1.29 is 13.2 Å². The van der Waals surface area contributed by atoms with Crippen LogP contribution in [0.25, 0.3) is 0 Å². The SMILES string of the molecule is CCCCCCN1CC2C(C1)C2(COC)c1cccc(CS(N)(=O)=O)c1.